The first-order valence-electron chi connectivity index (χ1n) is 10.8. The van der Waals surface area contributed by atoms with Gasteiger partial charge in [0.15, 0.2) is 5.65 Å². The third-order valence-electron chi connectivity index (χ3n) is 5.27. The number of ether oxygens (including phenoxy) is 2. The number of rotatable bonds is 8. The number of fused-ring (bicyclic) bond motifs is 1. The SMILES string of the molecule is CC(C)c1cnc2c(NCc3ccccc3OC(F)(F)F)cc(NCC3CNCCO3)nn12.Cl. The second kappa shape index (κ2) is 11.1. The fraction of sp³-hybridized carbons (Fsp3) is 0.455. The Balaban J connectivity index is 0.00000324. The minimum absolute atomic E-state index is 0. The molecule has 4 rings (SSSR count). The Morgan fingerprint density at radius 3 is 2.76 bits per heavy atom. The number of morpholine rings is 1. The standard InChI is InChI=1S/C22H27F3N6O2.ClH/c1-14(2)18-13-29-21-17(27-10-15-5-3-4-6-19(15)33-22(23,24)25)9-20(30-31(18)21)28-12-16-11-26-7-8-32-16;/h3-6,9,13-14,16,26-27H,7-8,10-12H2,1-2H3,(H,28,30);1H. The Hall–Kier alpha value is -2.76. The van der Waals surface area contributed by atoms with Gasteiger partial charge in [-0.05, 0) is 12.0 Å². The fourth-order valence-corrected chi connectivity index (χ4v) is 3.63. The van der Waals surface area contributed by atoms with Gasteiger partial charge in [0.1, 0.15) is 11.6 Å². The van der Waals surface area contributed by atoms with Crippen LogP contribution in [0.4, 0.5) is 24.7 Å². The molecule has 2 aromatic heterocycles. The van der Waals surface area contributed by atoms with Crippen LogP contribution in [0, 0.1) is 0 Å². The molecular formula is C22H28ClF3N6O2. The molecular weight excluding hydrogens is 473 g/mol. The number of anilines is 2. The zero-order valence-corrected chi connectivity index (χ0v) is 19.7. The minimum atomic E-state index is -4.76. The predicted octanol–water partition coefficient (Wildman–Crippen LogP) is 4.19. The minimum Gasteiger partial charge on any atom is -0.405 e. The second-order valence-electron chi connectivity index (χ2n) is 8.10. The Labute approximate surface area is 201 Å². The van der Waals surface area contributed by atoms with E-state index in [-0.39, 0.29) is 36.7 Å². The molecule has 12 heteroatoms. The highest BCUT2D eigenvalue weighted by molar-refractivity contribution is 5.85. The summed E-state index contributed by atoms with van der Waals surface area (Å²) in [6.07, 6.45) is -2.98. The normalized spacial score (nSPS) is 16.4. The second-order valence-corrected chi connectivity index (χ2v) is 8.10. The summed E-state index contributed by atoms with van der Waals surface area (Å²) in [6, 6.07) is 7.85. The molecule has 186 valence electrons. The maximum atomic E-state index is 12.8. The molecule has 1 atom stereocenters. The van der Waals surface area contributed by atoms with Crippen molar-refractivity contribution in [2.45, 2.75) is 38.8 Å². The van der Waals surface area contributed by atoms with Gasteiger partial charge in [-0.3, -0.25) is 0 Å². The first-order chi connectivity index (χ1) is 15.8. The Bertz CT molecular complexity index is 1090. The molecule has 1 unspecified atom stereocenters. The number of halogens is 4. The van der Waals surface area contributed by atoms with Gasteiger partial charge in [0.2, 0.25) is 0 Å². The van der Waals surface area contributed by atoms with Crippen LogP contribution in [-0.4, -0.2) is 53.3 Å². The van der Waals surface area contributed by atoms with E-state index in [0.717, 1.165) is 18.8 Å². The Morgan fingerprint density at radius 1 is 1.26 bits per heavy atom. The first kappa shape index (κ1) is 25.9. The molecule has 3 aromatic rings. The van der Waals surface area contributed by atoms with Crippen LogP contribution in [0.25, 0.3) is 5.65 Å². The summed E-state index contributed by atoms with van der Waals surface area (Å²) in [5, 5.41) is 14.5. The average Bonchev–Trinajstić information content (AvgIpc) is 3.21. The van der Waals surface area contributed by atoms with E-state index in [1.54, 1.807) is 28.9 Å². The fourth-order valence-electron chi connectivity index (χ4n) is 3.63. The molecule has 0 spiro atoms. The van der Waals surface area contributed by atoms with E-state index in [1.165, 1.54) is 12.1 Å². The van der Waals surface area contributed by atoms with Gasteiger partial charge in [-0.25, -0.2) is 9.50 Å². The molecule has 0 bridgehead atoms. The largest absolute Gasteiger partial charge is 0.573 e. The third-order valence-corrected chi connectivity index (χ3v) is 5.27. The number of hydrogen-bond acceptors (Lipinski definition) is 7. The summed E-state index contributed by atoms with van der Waals surface area (Å²) in [7, 11) is 0. The highest BCUT2D eigenvalue weighted by Gasteiger charge is 2.32. The van der Waals surface area contributed by atoms with Gasteiger partial charge in [0.25, 0.3) is 0 Å². The summed E-state index contributed by atoms with van der Waals surface area (Å²) in [6.45, 7) is 7.02. The van der Waals surface area contributed by atoms with Gasteiger partial charge in [-0.1, -0.05) is 32.0 Å². The molecule has 1 aromatic carbocycles. The van der Waals surface area contributed by atoms with Gasteiger partial charge in [0.05, 0.1) is 30.3 Å². The van der Waals surface area contributed by atoms with Crippen LogP contribution >= 0.6 is 12.4 Å². The molecule has 1 fully saturated rings. The van der Waals surface area contributed by atoms with Crippen molar-refractivity contribution in [1.82, 2.24) is 19.9 Å². The lowest BCUT2D eigenvalue weighted by atomic mass is 10.1. The number of para-hydroxylation sites is 1. The number of aromatic nitrogens is 3. The van der Waals surface area contributed by atoms with Gasteiger partial charge in [0, 0.05) is 37.8 Å². The van der Waals surface area contributed by atoms with Crippen molar-refractivity contribution in [2.75, 3.05) is 36.9 Å². The number of imidazole rings is 1. The van der Waals surface area contributed by atoms with Crippen LogP contribution in [-0.2, 0) is 11.3 Å². The van der Waals surface area contributed by atoms with E-state index in [9.17, 15) is 13.2 Å². The molecule has 1 saturated heterocycles. The lowest BCUT2D eigenvalue weighted by molar-refractivity contribution is -0.274. The van der Waals surface area contributed by atoms with Crippen LogP contribution in [0.15, 0.2) is 36.5 Å². The smallest absolute Gasteiger partial charge is 0.405 e. The third kappa shape index (κ3) is 6.43. The quantitative estimate of drug-likeness (QED) is 0.428. The van der Waals surface area contributed by atoms with E-state index in [1.807, 2.05) is 13.8 Å². The molecule has 1 aliphatic heterocycles. The molecule has 0 aliphatic carbocycles. The number of benzene rings is 1. The van der Waals surface area contributed by atoms with E-state index < -0.39 is 6.36 Å². The highest BCUT2D eigenvalue weighted by atomic mass is 35.5. The predicted molar refractivity (Wildman–Crippen MR) is 126 cm³/mol. The number of hydrogen-bond donors (Lipinski definition) is 3. The van der Waals surface area contributed by atoms with E-state index >= 15 is 0 Å². The molecule has 0 radical (unpaired) electrons. The van der Waals surface area contributed by atoms with Crippen molar-refractivity contribution in [2.24, 2.45) is 0 Å². The highest BCUT2D eigenvalue weighted by Crippen LogP contribution is 2.28. The summed E-state index contributed by atoms with van der Waals surface area (Å²) in [5.74, 6) is 0.551. The van der Waals surface area contributed by atoms with Gasteiger partial charge >= 0.3 is 6.36 Å². The van der Waals surface area contributed by atoms with E-state index in [0.29, 0.717) is 35.9 Å². The number of alkyl halides is 3. The van der Waals surface area contributed by atoms with Crippen molar-refractivity contribution >= 4 is 29.6 Å². The molecule has 1 aliphatic rings. The number of nitrogens with zero attached hydrogens (tertiary/aromatic N) is 3. The Morgan fingerprint density at radius 2 is 2.06 bits per heavy atom. The van der Waals surface area contributed by atoms with Crippen molar-refractivity contribution < 1.29 is 22.6 Å². The van der Waals surface area contributed by atoms with E-state index in [4.69, 9.17) is 4.74 Å². The Kier molecular flexibility index (Phi) is 8.45. The summed E-state index contributed by atoms with van der Waals surface area (Å²) in [5.41, 5.74) is 2.53. The summed E-state index contributed by atoms with van der Waals surface area (Å²) >= 11 is 0. The van der Waals surface area contributed by atoms with Crippen LogP contribution in [0.2, 0.25) is 0 Å². The zero-order valence-electron chi connectivity index (χ0n) is 18.9. The van der Waals surface area contributed by atoms with Gasteiger partial charge in [-0.15, -0.1) is 30.7 Å². The summed E-state index contributed by atoms with van der Waals surface area (Å²) < 4.78 is 50.0. The topological polar surface area (TPSA) is 84.7 Å². The summed E-state index contributed by atoms with van der Waals surface area (Å²) in [4.78, 5) is 4.49. The average molecular weight is 501 g/mol. The van der Waals surface area contributed by atoms with Crippen LogP contribution < -0.4 is 20.7 Å². The molecule has 0 amide bonds. The molecule has 0 saturated carbocycles. The molecule has 34 heavy (non-hydrogen) atoms. The van der Waals surface area contributed by atoms with Crippen LogP contribution in [0.3, 0.4) is 0 Å². The number of nitrogens with one attached hydrogen (secondary N) is 3. The van der Waals surface area contributed by atoms with Crippen molar-refractivity contribution in [1.29, 1.82) is 0 Å². The maximum Gasteiger partial charge on any atom is 0.573 e. The zero-order chi connectivity index (χ0) is 23.4. The van der Waals surface area contributed by atoms with E-state index in [2.05, 4.69) is 30.8 Å². The molecule has 8 nitrogen and oxygen atoms in total. The monoisotopic (exact) mass is 500 g/mol. The van der Waals surface area contributed by atoms with Crippen molar-refractivity contribution in [3.63, 3.8) is 0 Å². The van der Waals surface area contributed by atoms with Crippen molar-refractivity contribution in [3.8, 4) is 5.75 Å². The van der Waals surface area contributed by atoms with Gasteiger partial charge in [-0.2, -0.15) is 0 Å². The molecule has 3 N–H and O–H groups in total. The van der Waals surface area contributed by atoms with Crippen LogP contribution in [0.1, 0.15) is 31.0 Å². The molecule has 3 heterocycles. The van der Waals surface area contributed by atoms with Crippen LogP contribution in [0.5, 0.6) is 5.75 Å². The van der Waals surface area contributed by atoms with Gasteiger partial charge < -0.3 is 25.4 Å². The lowest BCUT2D eigenvalue weighted by Gasteiger charge is -2.24. The van der Waals surface area contributed by atoms with Crippen molar-refractivity contribution in [3.05, 3.63) is 47.8 Å². The first-order valence-corrected chi connectivity index (χ1v) is 10.8. The lowest BCUT2D eigenvalue weighted by Crippen LogP contribution is -2.42. The maximum absolute atomic E-state index is 12.8.